The van der Waals surface area contributed by atoms with E-state index in [1.807, 2.05) is 0 Å². The SMILES string of the molecule is Cl.[2H]C([2H])(O)c1cccc(C([2H])([2H])c2cnc[nH]2)c1C. The Kier molecular flexibility index (Phi) is 2.79. The van der Waals surface area contributed by atoms with Gasteiger partial charge in [-0.1, -0.05) is 18.2 Å². The molecule has 0 aliphatic rings. The summed E-state index contributed by atoms with van der Waals surface area (Å²) in [6, 6.07) is 4.55. The van der Waals surface area contributed by atoms with Crippen molar-refractivity contribution in [3.8, 4) is 0 Å². The number of nitrogens with one attached hydrogen (secondary N) is 1. The summed E-state index contributed by atoms with van der Waals surface area (Å²) in [5.41, 5.74) is 1.03. The summed E-state index contributed by atoms with van der Waals surface area (Å²) in [6.45, 7) is -0.906. The second-order valence-corrected chi connectivity index (χ2v) is 3.18. The number of rotatable bonds is 3. The molecule has 1 aromatic heterocycles. The van der Waals surface area contributed by atoms with Crippen LogP contribution in [0.5, 0.6) is 0 Å². The van der Waals surface area contributed by atoms with Gasteiger partial charge in [-0.05, 0) is 23.6 Å². The van der Waals surface area contributed by atoms with Crippen molar-refractivity contribution in [1.82, 2.24) is 9.97 Å². The van der Waals surface area contributed by atoms with Crippen molar-refractivity contribution >= 4 is 12.4 Å². The molecule has 0 spiro atoms. The monoisotopic (exact) mass is 242 g/mol. The van der Waals surface area contributed by atoms with Crippen LogP contribution >= 0.6 is 12.4 Å². The standard InChI is InChI=1S/C12H14N2O.ClH/c1-9-10(3-2-4-11(9)7-15)5-12-6-13-8-14-12;/h2-4,6,8,15H,5,7H2,1H3,(H,13,14);1H/i5D2,7D2;. The molecule has 0 atom stereocenters. The highest BCUT2D eigenvalue weighted by molar-refractivity contribution is 5.85. The third kappa shape index (κ3) is 2.62. The first kappa shape index (κ1) is 7.87. The van der Waals surface area contributed by atoms with Gasteiger partial charge < -0.3 is 10.1 Å². The van der Waals surface area contributed by atoms with E-state index >= 15 is 0 Å². The summed E-state index contributed by atoms with van der Waals surface area (Å²) < 4.78 is 31.1. The van der Waals surface area contributed by atoms with Gasteiger partial charge in [-0.25, -0.2) is 4.98 Å². The molecule has 0 radical (unpaired) electrons. The van der Waals surface area contributed by atoms with Crippen LogP contribution in [0.3, 0.4) is 0 Å². The molecule has 0 fully saturated rings. The fourth-order valence-corrected chi connectivity index (χ4v) is 1.36. The van der Waals surface area contributed by atoms with E-state index in [2.05, 4.69) is 9.97 Å². The van der Waals surface area contributed by atoms with Gasteiger partial charge in [0.2, 0.25) is 0 Å². The van der Waals surface area contributed by atoms with Crippen LogP contribution in [-0.2, 0) is 12.9 Å². The van der Waals surface area contributed by atoms with Crippen molar-refractivity contribution in [3.05, 3.63) is 53.1 Å². The Labute approximate surface area is 107 Å². The molecule has 0 saturated heterocycles. The van der Waals surface area contributed by atoms with Gasteiger partial charge in [0.1, 0.15) is 0 Å². The molecular weight excluding hydrogens is 224 g/mol. The van der Waals surface area contributed by atoms with Crippen LogP contribution in [0.15, 0.2) is 30.7 Å². The molecule has 0 amide bonds. The first-order valence-electron chi connectivity index (χ1n) is 6.56. The molecule has 3 nitrogen and oxygen atoms in total. The minimum absolute atomic E-state index is 0. The van der Waals surface area contributed by atoms with Gasteiger partial charge in [0.05, 0.1) is 15.6 Å². The predicted molar refractivity (Wildman–Crippen MR) is 65.7 cm³/mol. The molecular formula is C12H15ClN2O. The second kappa shape index (κ2) is 5.68. The molecule has 1 heterocycles. The lowest BCUT2D eigenvalue weighted by molar-refractivity contribution is 0.281. The summed E-state index contributed by atoms with van der Waals surface area (Å²) in [6.07, 6.45) is 0.944. The largest absolute Gasteiger partial charge is 0.392 e. The minimum Gasteiger partial charge on any atom is -0.392 e. The van der Waals surface area contributed by atoms with E-state index in [0.717, 1.165) is 0 Å². The van der Waals surface area contributed by atoms with Crippen LogP contribution in [0.1, 0.15) is 27.9 Å². The van der Waals surface area contributed by atoms with Crippen LogP contribution < -0.4 is 0 Å². The first-order chi connectivity index (χ1) is 8.74. The lowest BCUT2D eigenvalue weighted by Crippen LogP contribution is -1.96. The van der Waals surface area contributed by atoms with Crippen molar-refractivity contribution in [2.45, 2.75) is 19.9 Å². The van der Waals surface area contributed by atoms with Crippen molar-refractivity contribution in [3.63, 3.8) is 0 Å². The average molecular weight is 243 g/mol. The number of aliphatic hydroxyl groups is 1. The van der Waals surface area contributed by atoms with Crippen LogP contribution in [0, 0.1) is 6.92 Å². The molecule has 0 bridgehead atoms. The number of aromatic nitrogens is 2. The van der Waals surface area contributed by atoms with Crippen LogP contribution in [0.4, 0.5) is 0 Å². The Bertz CT molecular complexity index is 582. The predicted octanol–water partition coefficient (Wildman–Crippen LogP) is 2.22. The highest BCUT2D eigenvalue weighted by Crippen LogP contribution is 2.16. The summed E-state index contributed by atoms with van der Waals surface area (Å²) in [4.78, 5) is 6.51. The van der Waals surface area contributed by atoms with Gasteiger partial charge >= 0.3 is 0 Å². The third-order valence-corrected chi connectivity index (χ3v) is 2.22. The molecule has 0 aliphatic heterocycles. The smallest absolute Gasteiger partial charge is 0.0921 e. The van der Waals surface area contributed by atoms with Crippen molar-refractivity contribution in [2.24, 2.45) is 0 Å². The molecule has 1 aromatic carbocycles. The second-order valence-electron chi connectivity index (χ2n) is 3.18. The van der Waals surface area contributed by atoms with Crippen LogP contribution in [0.2, 0.25) is 0 Å². The number of nitrogens with zero attached hydrogens (tertiary/aromatic N) is 1. The summed E-state index contributed by atoms with van der Waals surface area (Å²) in [5.74, 6) is 0. The maximum Gasteiger partial charge on any atom is 0.0921 e. The maximum absolute atomic E-state index is 9.48. The lowest BCUT2D eigenvalue weighted by atomic mass is 9.99. The Morgan fingerprint density at radius 2 is 2.19 bits per heavy atom. The number of benzene rings is 1. The lowest BCUT2D eigenvalue weighted by Gasteiger charge is -2.08. The molecule has 0 aliphatic carbocycles. The fourth-order valence-electron chi connectivity index (χ4n) is 1.36. The normalized spacial score (nSPS) is 15.4. The zero-order valence-corrected chi connectivity index (χ0v) is 9.51. The maximum atomic E-state index is 9.48. The number of hydrogen-bond acceptors (Lipinski definition) is 2. The highest BCUT2D eigenvalue weighted by Gasteiger charge is 2.04. The molecule has 16 heavy (non-hydrogen) atoms. The summed E-state index contributed by atoms with van der Waals surface area (Å²) in [7, 11) is 0. The van der Waals surface area contributed by atoms with Crippen molar-refractivity contribution in [1.29, 1.82) is 0 Å². The zero-order chi connectivity index (χ0) is 14.3. The minimum atomic E-state index is -2.50. The molecule has 0 unspecified atom stereocenters. The molecule has 86 valence electrons. The first-order valence-corrected chi connectivity index (χ1v) is 4.56. The van der Waals surface area contributed by atoms with E-state index in [1.54, 1.807) is 13.0 Å². The zero-order valence-electron chi connectivity index (χ0n) is 12.7. The van der Waals surface area contributed by atoms with E-state index in [0.29, 0.717) is 11.1 Å². The number of H-pyrrole nitrogens is 1. The number of halogens is 1. The van der Waals surface area contributed by atoms with Gasteiger partial charge in [-0.2, -0.15) is 0 Å². The van der Waals surface area contributed by atoms with E-state index in [9.17, 15) is 5.11 Å². The average Bonchev–Trinajstić information content (AvgIpc) is 2.81. The van der Waals surface area contributed by atoms with E-state index in [-0.39, 0.29) is 23.7 Å². The van der Waals surface area contributed by atoms with E-state index < -0.39 is 12.9 Å². The molecule has 2 rings (SSSR count). The van der Waals surface area contributed by atoms with Crippen LogP contribution in [-0.4, -0.2) is 15.1 Å². The number of imidazole rings is 1. The Hall–Kier alpha value is -1.32. The van der Waals surface area contributed by atoms with E-state index in [4.69, 9.17) is 5.48 Å². The molecule has 2 aromatic rings. The van der Waals surface area contributed by atoms with Crippen molar-refractivity contribution in [2.75, 3.05) is 0 Å². The summed E-state index contributed by atoms with van der Waals surface area (Å²) in [5, 5.41) is 9.48. The number of aromatic amines is 1. The van der Waals surface area contributed by atoms with Gasteiger partial charge in [0.15, 0.2) is 0 Å². The Morgan fingerprint density at radius 3 is 2.81 bits per heavy atom. The quantitative estimate of drug-likeness (QED) is 0.867. The highest BCUT2D eigenvalue weighted by atomic mass is 35.5. The van der Waals surface area contributed by atoms with Crippen molar-refractivity contribution < 1.29 is 10.6 Å². The van der Waals surface area contributed by atoms with Gasteiger partial charge in [-0.3, -0.25) is 0 Å². The Balaban J connectivity index is 0.00000200. The third-order valence-electron chi connectivity index (χ3n) is 2.22. The van der Waals surface area contributed by atoms with Gasteiger partial charge in [0.25, 0.3) is 0 Å². The van der Waals surface area contributed by atoms with E-state index in [1.165, 1.54) is 24.7 Å². The van der Waals surface area contributed by atoms with Gasteiger partial charge in [-0.15, -0.1) is 12.4 Å². The number of hydrogen-bond donors (Lipinski definition) is 2. The molecule has 2 N–H and O–H groups in total. The topological polar surface area (TPSA) is 48.9 Å². The Morgan fingerprint density at radius 1 is 1.44 bits per heavy atom. The fraction of sp³-hybridized carbons (Fsp3) is 0.250. The molecule has 4 heteroatoms. The van der Waals surface area contributed by atoms with Crippen LogP contribution in [0.25, 0.3) is 0 Å². The van der Waals surface area contributed by atoms with Gasteiger partial charge in [0, 0.05) is 21.0 Å². The summed E-state index contributed by atoms with van der Waals surface area (Å²) >= 11 is 0. The molecule has 0 saturated carbocycles.